The predicted octanol–water partition coefficient (Wildman–Crippen LogP) is 2.58. The molecule has 0 saturated carbocycles. The molecule has 6 nitrogen and oxygen atoms in total. The molecule has 1 aliphatic rings. The third-order valence-electron chi connectivity index (χ3n) is 3.97. The summed E-state index contributed by atoms with van der Waals surface area (Å²) in [5.74, 6) is -1.02. The third-order valence-corrected chi connectivity index (χ3v) is 4.99. The number of carbonyl (C=O) groups excluding carboxylic acids is 2. The number of aromatic nitrogens is 1. The minimum atomic E-state index is -0.916. The van der Waals surface area contributed by atoms with E-state index in [2.05, 4.69) is 20.9 Å². The largest absolute Gasteiger partial charge is 0.457 e. The Kier molecular flexibility index (Phi) is 4.56. The van der Waals surface area contributed by atoms with Gasteiger partial charge in [-0.3, -0.25) is 14.6 Å². The number of aliphatic hydroxyl groups is 1. The van der Waals surface area contributed by atoms with E-state index in [0.29, 0.717) is 16.6 Å². The number of fused-ring (bicyclic) bond motifs is 3. The Bertz CT molecular complexity index is 809. The maximum absolute atomic E-state index is 11.6. The molecule has 1 aromatic carbocycles. The second-order valence-corrected chi connectivity index (χ2v) is 6.69. The number of aliphatic hydroxyl groups excluding tert-OH is 1. The lowest BCUT2D eigenvalue weighted by Gasteiger charge is -2.38. The number of hydrogen-bond acceptors (Lipinski definition) is 6. The lowest BCUT2D eigenvalue weighted by Crippen LogP contribution is -2.42. The maximum Gasteiger partial charge on any atom is 0.303 e. The minimum absolute atomic E-state index is 0.500. The van der Waals surface area contributed by atoms with Crippen molar-refractivity contribution in [2.45, 2.75) is 37.0 Å². The Morgan fingerprint density at radius 3 is 2.54 bits per heavy atom. The number of alkyl halides is 1. The van der Waals surface area contributed by atoms with Gasteiger partial charge in [0.1, 0.15) is 0 Å². The van der Waals surface area contributed by atoms with Crippen LogP contribution in [0, 0.1) is 0 Å². The number of rotatable bonds is 2. The smallest absolute Gasteiger partial charge is 0.303 e. The summed E-state index contributed by atoms with van der Waals surface area (Å²) in [6.45, 7) is 2.57. The van der Waals surface area contributed by atoms with Crippen molar-refractivity contribution in [3.8, 4) is 0 Å². The number of halogens is 1. The first-order valence-corrected chi connectivity index (χ1v) is 8.36. The van der Waals surface area contributed by atoms with Gasteiger partial charge in [-0.05, 0) is 17.7 Å². The van der Waals surface area contributed by atoms with Crippen LogP contribution >= 0.6 is 15.9 Å². The molecular weight excluding hydrogens is 378 g/mol. The molecule has 3 rings (SSSR count). The zero-order valence-corrected chi connectivity index (χ0v) is 14.7. The van der Waals surface area contributed by atoms with Gasteiger partial charge in [-0.15, -0.1) is 0 Å². The van der Waals surface area contributed by atoms with E-state index >= 15 is 0 Å². The highest BCUT2D eigenvalue weighted by Gasteiger charge is 2.45. The van der Waals surface area contributed by atoms with Crippen molar-refractivity contribution in [1.82, 2.24) is 4.98 Å². The molecule has 1 aliphatic carbocycles. The van der Waals surface area contributed by atoms with Crippen molar-refractivity contribution >= 4 is 38.8 Å². The average molecular weight is 394 g/mol. The highest BCUT2D eigenvalue weighted by molar-refractivity contribution is 9.09. The lowest BCUT2D eigenvalue weighted by atomic mass is 9.82. The fraction of sp³-hybridized carbons (Fsp3) is 0.353. The van der Waals surface area contributed by atoms with Gasteiger partial charge in [-0.25, -0.2) is 0 Å². The first kappa shape index (κ1) is 16.9. The number of ether oxygens (including phenoxy) is 2. The monoisotopic (exact) mass is 393 g/mol. The van der Waals surface area contributed by atoms with Gasteiger partial charge in [0, 0.05) is 31.0 Å². The molecule has 0 saturated heterocycles. The molecule has 1 aromatic heterocycles. The van der Waals surface area contributed by atoms with Gasteiger partial charge in [0.15, 0.2) is 12.2 Å². The molecule has 7 heteroatoms. The number of pyridine rings is 1. The fourth-order valence-electron chi connectivity index (χ4n) is 3.07. The van der Waals surface area contributed by atoms with E-state index in [9.17, 15) is 14.7 Å². The van der Waals surface area contributed by atoms with E-state index in [1.807, 2.05) is 6.07 Å². The minimum Gasteiger partial charge on any atom is -0.457 e. The first-order chi connectivity index (χ1) is 11.4. The molecule has 0 radical (unpaired) electrons. The van der Waals surface area contributed by atoms with Gasteiger partial charge in [0.05, 0.1) is 16.4 Å². The molecular formula is C17H16BrNO5. The van der Waals surface area contributed by atoms with Gasteiger partial charge in [-0.2, -0.15) is 0 Å². The van der Waals surface area contributed by atoms with Gasteiger partial charge in [0.25, 0.3) is 0 Å². The number of carbonyl (C=O) groups is 2. The highest BCUT2D eigenvalue weighted by Crippen LogP contribution is 2.46. The van der Waals surface area contributed by atoms with Crippen molar-refractivity contribution in [2.24, 2.45) is 0 Å². The molecule has 0 fully saturated rings. The molecule has 1 N–H and O–H groups in total. The van der Waals surface area contributed by atoms with Crippen molar-refractivity contribution in [3.05, 3.63) is 41.6 Å². The number of nitrogens with zero attached hydrogens (tertiary/aromatic N) is 1. The van der Waals surface area contributed by atoms with Gasteiger partial charge in [0.2, 0.25) is 0 Å². The van der Waals surface area contributed by atoms with Crippen molar-refractivity contribution in [1.29, 1.82) is 0 Å². The summed E-state index contributed by atoms with van der Waals surface area (Å²) in [4.78, 5) is 26.8. The molecule has 4 atom stereocenters. The average Bonchev–Trinajstić information content (AvgIpc) is 2.54. The van der Waals surface area contributed by atoms with Crippen molar-refractivity contribution in [3.63, 3.8) is 0 Å². The molecule has 2 aromatic rings. The second-order valence-electron chi connectivity index (χ2n) is 5.63. The van der Waals surface area contributed by atoms with E-state index < -0.39 is 35.1 Å². The SMILES string of the molecule is CC(=O)O[C@@H]1[C@@H](Br)[C@H](O)c2ccc3ncccc3c2[C@H]1OC(C)=O. The molecule has 1 heterocycles. The zero-order valence-electron chi connectivity index (χ0n) is 13.1. The van der Waals surface area contributed by atoms with Crippen LogP contribution in [0.15, 0.2) is 30.5 Å². The molecule has 0 aliphatic heterocycles. The van der Waals surface area contributed by atoms with Crippen LogP contribution in [0.25, 0.3) is 10.9 Å². The summed E-state index contributed by atoms with van der Waals surface area (Å²) >= 11 is 3.38. The molecule has 126 valence electrons. The van der Waals surface area contributed by atoms with Crippen molar-refractivity contribution < 1.29 is 24.2 Å². The van der Waals surface area contributed by atoms with Crippen LogP contribution in [0.2, 0.25) is 0 Å². The lowest BCUT2D eigenvalue weighted by molar-refractivity contribution is -0.169. The van der Waals surface area contributed by atoms with Crippen LogP contribution in [0.5, 0.6) is 0 Å². The van der Waals surface area contributed by atoms with Crippen LogP contribution in [-0.4, -0.2) is 33.0 Å². The third kappa shape index (κ3) is 2.89. The Morgan fingerprint density at radius 1 is 1.17 bits per heavy atom. The van der Waals surface area contributed by atoms with E-state index in [0.717, 1.165) is 5.39 Å². The summed E-state index contributed by atoms with van der Waals surface area (Å²) in [5, 5.41) is 11.4. The normalized spacial score (nSPS) is 25.8. The number of esters is 2. The zero-order chi connectivity index (χ0) is 17.4. The van der Waals surface area contributed by atoms with E-state index in [4.69, 9.17) is 9.47 Å². The Morgan fingerprint density at radius 2 is 1.88 bits per heavy atom. The van der Waals surface area contributed by atoms with Gasteiger partial charge < -0.3 is 14.6 Å². The summed E-state index contributed by atoms with van der Waals surface area (Å²) in [6, 6.07) is 7.16. The Hall–Kier alpha value is -1.99. The van der Waals surface area contributed by atoms with Crippen LogP contribution in [0.3, 0.4) is 0 Å². The Balaban J connectivity index is 2.24. The number of benzene rings is 1. The standard InChI is InChI=1S/C17H16BrNO5/c1-8(20)23-16-13-10-4-3-7-19-12(10)6-5-11(13)15(22)14(18)17(16)24-9(2)21/h3-7,14-17,22H,1-2H3/t14-,15+,16+,17+/m0/s1. The van der Waals surface area contributed by atoms with Crippen LogP contribution in [0.4, 0.5) is 0 Å². The molecule has 0 unspecified atom stereocenters. The predicted molar refractivity (Wildman–Crippen MR) is 89.5 cm³/mol. The Labute approximate surface area is 146 Å². The molecule has 24 heavy (non-hydrogen) atoms. The maximum atomic E-state index is 11.6. The summed E-state index contributed by atoms with van der Waals surface area (Å²) in [5.41, 5.74) is 1.94. The van der Waals surface area contributed by atoms with Crippen LogP contribution in [0.1, 0.15) is 37.2 Å². The van der Waals surface area contributed by atoms with E-state index in [-0.39, 0.29) is 0 Å². The molecule has 0 amide bonds. The molecule has 0 spiro atoms. The van der Waals surface area contributed by atoms with Crippen LogP contribution in [-0.2, 0) is 19.1 Å². The van der Waals surface area contributed by atoms with E-state index in [1.54, 1.807) is 24.4 Å². The summed E-state index contributed by atoms with van der Waals surface area (Å²) < 4.78 is 10.8. The first-order valence-electron chi connectivity index (χ1n) is 7.44. The molecule has 0 bridgehead atoms. The summed E-state index contributed by atoms with van der Waals surface area (Å²) in [7, 11) is 0. The topological polar surface area (TPSA) is 85.7 Å². The van der Waals surface area contributed by atoms with Gasteiger partial charge >= 0.3 is 11.9 Å². The number of hydrogen-bond donors (Lipinski definition) is 1. The quantitative estimate of drug-likeness (QED) is 0.623. The second kappa shape index (κ2) is 6.49. The van der Waals surface area contributed by atoms with Gasteiger partial charge in [-0.1, -0.05) is 28.1 Å². The summed E-state index contributed by atoms with van der Waals surface area (Å²) in [6.07, 6.45) is -0.936. The highest BCUT2D eigenvalue weighted by atomic mass is 79.9. The van der Waals surface area contributed by atoms with E-state index in [1.165, 1.54) is 13.8 Å². The fourth-order valence-corrected chi connectivity index (χ4v) is 3.74. The van der Waals surface area contributed by atoms with Crippen molar-refractivity contribution in [2.75, 3.05) is 0 Å². The van der Waals surface area contributed by atoms with Crippen LogP contribution < -0.4 is 0 Å².